The molecule has 1 N–H and O–H groups in total. The van der Waals surface area contributed by atoms with Crippen molar-refractivity contribution in [1.29, 1.82) is 0 Å². The summed E-state index contributed by atoms with van der Waals surface area (Å²) in [6.07, 6.45) is -0.222. The molecule has 25 heavy (non-hydrogen) atoms. The first-order valence-corrected chi connectivity index (χ1v) is 8.23. The molecule has 2 aromatic rings. The molecule has 0 aromatic heterocycles. The second-order valence-corrected chi connectivity index (χ2v) is 6.06. The Kier molecular flexibility index (Phi) is 6.82. The SMILES string of the molecule is O=C(COC(=O)CCC(=O)c1ccc(F)cc1)Nc1ccc(Br)cc1. The third-order valence-electron chi connectivity index (χ3n) is 3.21. The van der Waals surface area contributed by atoms with Crippen molar-refractivity contribution in [1.82, 2.24) is 0 Å². The fourth-order valence-corrected chi connectivity index (χ4v) is 2.21. The normalized spacial score (nSPS) is 10.2. The van der Waals surface area contributed by atoms with Crippen LogP contribution in [0, 0.1) is 5.82 Å². The molecule has 2 aromatic carbocycles. The highest BCUT2D eigenvalue weighted by atomic mass is 79.9. The van der Waals surface area contributed by atoms with Crippen LogP contribution in [-0.2, 0) is 14.3 Å². The molecule has 0 spiro atoms. The molecule has 0 atom stereocenters. The summed E-state index contributed by atoms with van der Waals surface area (Å²) in [5.41, 5.74) is 0.901. The van der Waals surface area contributed by atoms with Crippen molar-refractivity contribution in [2.24, 2.45) is 0 Å². The molecule has 130 valence electrons. The van der Waals surface area contributed by atoms with Gasteiger partial charge in [0.05, 0.1) is 6.42 Å². The summed E-state index contributed by atoms with van der Waals surface area (Å²) in [5.74, 6) is -1.86. The van der Waals surface area contributed by atoms with Crippen LogP contribution < -0.4 is 5.32 Å². The molecule has 0 radical (unpaired) electrons. The maximum Gasteiger partial charge on any atom is 0.306 e. The van der Waals surface area contributed by atoms with Gasteiger partial charge in [-0.2, -0.15) is 0 Å². The van der Waals surface area contributed by atoms with E-state index in [1.165, 1.54) is 24.3 Å². The quantitative estimate of drug-likeness (QED) is 0.560. The number of ketones is 1. The van der Waals surface area contributed by atoms with Crippen molar-refractivity contribution in [3.8, 4) is 0 Å². The number of hydrogen-bond acceptors (Lipinski definition) is 4. The minimum absolute atomic E-state index is 0.0706. The van der Waals surface area contributed by atoms with Gasteiger partial charge in [0.2, 0.25) is 0 Å². The fraction of sp³-hybridized carbons (Fsp3) is 0.167. The number of rotatable bonds is 7. The molecule has 0 aliphatic rings. The largest absolute Gasteiger partial charge is 0.456 e. The summed E-state index contributed by atoms with van der Waals surface area (Å²) < 4.78 is 18.5. The summed E-state index contributed by atoms with van der Waals surface area (Å²) in [6, 6.07) is 12.0. The highest BCUT2D eigenvalue weighted by molar-refractivity contribution is 9.10. The second-order valence-electron chi connectivity index (χ2n) is 5.15. The summed E-state index contributed by atoms with van der Waals surface area (Å²) >= 11 is 3.28. The average Bonchev–Trinajstić information content (AvgIpc) is 2.60. The molecule has 0 saturated heterocycles. The van der Waals surface area contributed by atoms with E-state index in [1.807, 2.05) is 0 Å². The maximum absolute atomic E-state index is 12.8. The highest BCUT2D eigenvalue weighted by Gasteiger charge is 2.12. The molecule has 2 rings (SSSR count). The molecule has 0 fully saturated rings. The van der Waals surface area contributed by atoms with Gasteiger partial charge in [0.25, 0.3) is 5.91 Å². The Morgan fingerprint density at radius 3 is 2.24 bits per heavy atom. The number of carbonyl (C=O) groups is 3. The van der Waals surface area contributed by atoms with E-state index in [0.29, 0.717) is 11.3 Å². The van der Waals surface area contributed by atoms with Crippen LogP contribution in [0.2, 0.25) is 0 Å². The third-order valence-corrected chi connectivity index (χ3v) is 3.74. The van der Waals surface area contributed by atoms with Crippen LogP contribution in [0.3, 0.4) is 0 Å². The van der Waals surface area contributed by atoms with Crippen molar-refractivity contribution in [3.05, 3.63) is 64.4 Å². The van der Waals surface area contributed by atoms with E-state index in [1.54, 1.807) is 24.3 Å². The molecule has 0 bridgehead atoms. The molecule has 5 nitrogen and oxygen atoms in total. The first-order chi connectivity index (χ1) is 11.9. The monoisotopic (exact) mass is 407 g/mol. The van der Waals surface area contributed by atoms with Crippen molar-refractivity contribution in [3.63, 3.8) is 0 Å². The Labute approximate surface area is 152 Å². The average molecular weight is 408 g/mol. The molecule has 1 amide bonds. The zero-order valence-electron chi connectivity index (χ0n) is 13.1. The van der Waals surface area contributed by atoms with E-state index < -0.39 is 24.3 Å². The predicted molar refractivity (Wildman–Crippen MR) is 93.7 cm³/mol. The Balaban J connectivity index is 1.71. The molecule has 0 aliphatic heterocycles. The standard InChI is InChI=1S/C18H15BrFNO4/c19-13-3-7-15(8-4-13)21-17(23)11-25-18(24)10-9-16(22)12-1-5-14(20)6-2-12/h1-8H,9-11H2,(H,21,23). The van der Waals surface area contributed by atoms with Crippen molar-refractivity contribution in [2.75, 3.05) is 11.9 Å². The Morgan fingerprint density at radius 1 is 0.960 bits per heavy atom. The van der Waals surface area contributed by atoms with Gasteiger partial charge in [-0.25, -0.2) is 4.39 Å². The number of anilines is 1. The number of nitrogens with one attached hydrogen (secondary N) is 1. The van der Waals surface area contributed by atoms with Gasteiger partial charge in [0.15, 0.2) is 12.4 Å². The van der Waals surface area contributed by atoms with Crippen LogP contribution in [0.15, 0.2) is 53.0 Å². The van der Waals surface area contributed by atoms with Crippen LogP contribution in [0.4, 0.5) is 10.1 Å². The number of ether oxygens (including phenoxy) is 1. The van der Waals surface area contributed by atoms with Crippen LogP contribution in [0.1, 0.15) is 23.2 Å². The van der Waals surface area contributed by atoms with Gasteiger partial charge in [-0.1, -0.05) is 15.9 Å². The molecule has 7 heteroatoms. The van der Waals surface area contributed by atoms with Gasteiger partial charge in [-0.3, -0.25) is 14.4 Å². The lowest BCUT2D eigenvalue weighted by molar-refractivity contribution is -0.147. The van der Waals surface area contributed by atoms with Crippen LogP contribution >= 0.6 is 15.9 Å². The van der Waals surface area contributed by atoms with E-state index in [-0.39, 0.29) is 18.6 Å². The minimum Gasteiger partial charge on any atom is -0.456 e. The van der Waals surface area contributed by atoms with Gasteiger partial charge in [0.1, 0.15) is 5.82 Å². The number of hydrogen-bond donors (Lipinski definition) is 1. The summed E-state index contributed by atoms with van der Waals surface area (Å²) in [6.45, 7) is -0.431. The van der Waals surface area contributed by atoms with E-state index in [9.17, 15) is 18.8 Å². The molecular formula is C18H15BrFNO4. The fourth-order valence-electron chi connectivity index (χ4n) is 1.94. The zero-order valence-corrected chi connectivity index (χ0v) is 14.7. The molecule has 0 saturated carbocycles. The first kappa shape index (κ1) is 18.8. The lowest BCUT2D eigenvalue weighted by Gasteiger charge is -2.07. The van der Waals surface area contributed by atoms with Gasteiger partial charge in [-0.05, 0) is 48.5 Å². The van der Waals surface area contributed by atoms with Crippen LogP contribution in [0.25, 0.3) is 0 Å². The Bertz CT molecular complexity index is 760. The van der Waals surface area contributed by atoms with Gasteiger partial charge < -0.3 is 10.1 Å². The first-order valence-electron chi connectivity index (χ1n) is 7.44. The van der Waals surface area contributed by atoms with E-state index in [2.05, 4.69) is 21.2 Å². The highest BCUT2D eigenvalue weighted by Crippen LogP contribution is 2.14. The number of carbonyl (C=O) groups excluding carboxylic acids is 3. The lowest BCUT2D eigenvalue weighted by atomic mass is 10.1. The second kappa shape index (κ2) is 9.08. The lowest BCUT2D eigenvalue weighted by Crippen LogP contribution is -2.21. The number of halogens is 2. The van der Waals surface area contributed by atoms with Gasteiger partial charge in [0, 0.05) is 22.1 Å². The number of amides is 1. The van der Waals surface area contributed by atoms with Crippen molar-refractivity contribution in [2.45, 2.75) is 12.8 Å². The van der Waals surface area contributed by atoms with Gasteiger partial charge >= 0.3 is 5.97 Å². The summed E-state index contributed by atoms with van der Waals surface area (Å²) in [4.78, 5) is 35.2. The van der Waals surface area contributed by atoms with Crippen LogP contribution in [-0.4, -0.2) is 24.3 Å². The van der Waals surface area contributed by atoms with E-state index in [4.69, 9.17) is 4.74 Å². The Hall–Kier alpha value is -2.54. The van der Waals surface area contributed by atoms with Crippen LogP contribution in [0.5, 0.6) is 0 Å². The molecule has 0 unspecified atom stereocenters. The molecule has 0 heterocycles. The van der Waals surface area contributed by atoms with Gasteiger partial charge in [-0.15, -0.1) is 0 Å². The van der Waals surface area contributed by atoms with Crippen molar-refractivity contribution >= 4 is 39.3 Å². The molecule has 0 aliphatic carbocycles. The summed E-state index contributed by atoms with van der Waals surface area (Å²) in [5, 5.41) is 2.58. The minimum atomic E-state index is -0.651. The smallest absolute Gasteiger partial charge is 0.306 e. The number of esters is 1. The molecular weight excluding hydrogens is 393 g/mol. The maximum atomic E-state index is 12.8. The topological polar surface area (TPSA) is 72.5 Å². The van der Waals surface area contributed by atoms with Crippen molar-refractivity contribution < 1.29 is 23.5 Å². The summed E-state index contributed by atoms with van der Waals surface area (Å²) in [7, 11) is 0. The van der Waals surface area contributed by atoms with E-state index in [0.717, 1.165) is 4.47 Å². The number of Topliss-reactive ketones (excluding diaryl/α,β-unsaturated/α-hetero) is 1. The Morgan fingerprint density at radius 2 is 1.60 bits per heavy atom. The zero-order chi connectivity index (χ0) is 18.2. The predicted octanol–water partition coefficient (Wildman–Crippen LogP) is 3.73. The third kappa shape index (κ3) is 6.46. The van der Waals surface area contributed by atoms with E-state index >= 15 is 0 Å². The number of benzene rings is 2.